The number of amides is 3. The number of carbonyl (C=O) groups excluding carboxylic acids is 2. The molecule has 118 valence electrons. The number of hydrogen-bond acceptors (Lipinski definition) is 2. The second-order valence-electron chi connectivity index (χ2n) is 5.36. The molecule has 4 nitrogen and oxygen atoms in total. The maximum absolute atomic E-state index is 12.5. The Bertz CT molecular complexity index is 750. The molecule has 1 aliphatic rings. The predicted molar refractivity (Wildman–Crippen MR) is 89.5 cm³/mol. The molecule has 1 heterocycles. The Balaban J connectivity index is 1.72. The van der Waals surface area contributed by atoms with Crippen molar-refractivity contribution in [3.05, 3.63) is 69.7 Å². The fourth-order valence-corrected chi connectivity index (χ4v) is 2.86. The van der Waals surface area contributed by atoms with E-state index in [1.165, 1.54) is 4.90 Å². The highest BCUT2D eigenvalue weighted by atomic mass is 35.5. The summed E-state index contributed by atoms with van der Waals surface area (Å²) in [7, 11) is 0. The summed E-state index contributed by atoms with van der Waals surface area (Å²) in [5.41, 5.74) is 1.76. The summed E-state index contributed by atoms with van der Waals surface area (Å²) >= 11 is 11.8. The number of carbonyl (C=O) groups is 2. The Labute approximate surface area is 144 Å². The number of hydrogen-bond donors (Lipinski definition) is 1. The second-order valence-corrected chi connectivity index (χ2v) is 6.18. The fraction of sp³-hybridized carbons (Fsp3) is 0.176. The van der Waals surface area contributed by atoms with Crippen molar-refractivity contribution >= 4 is 35.1 Å². The minimum Gasteiger partial charge on any atom is -0.325 e. The van der Waals surface area contributed by atoms with Crippen molar-refractivity contribution in [2.75, 3.05) is 0 Å². The van der Waals surface area contributed by atoms with Gasteiger partial charge in [-0.15, -0.1) is 0 Å². The summed E-state index contributed by atoms with van der Waals surface area (Å²) in [6.45, 7) is 0.173. The van der Waals surface area contributed by atoms with Gasteiger partial charge in [0.15, 0.2) is 0 Å². The van der Waals surface area contributed by atoms with Gasteiger partial charge < -0.3 is 5.32 Å². The Kier molecular flexibility index (Phi) is 4.55. The molecule has 1 unspecified atom stereocenters. The third kappa shape index (κ3) is 3.49. The van der Waals surface area contributed by atoms with Gasteiger partial charge in [-0.1, -0.05) is 59.6 Å². The molecule has 1 saturated heterocycles. The maximum atomic E-state index is 12.5. The lowest BCUT2D eigenvalue weighted by Crippen LogP contribution is -2.32. The van der Waals surface area contributed by atoms with Crippen molar-refractivity contribution in [2.24, 2.45) is 0 Å². The average molecular weight is 349 g/mol. The molecular weight excluding hydrogens is 335 g/mol. The Morgan fingerprint density at radius 2 is 1.70 bits per heavy atom. The standard InChI is InChI=1S/C17H14Cl2N2O2/c18-13-7-6-12(8-14(13)19)10-21-16(22)15(20-17(21)23)9-11-4-2-1-3-5-11/h1-8,15H,9-10H2,(H,20,23). The van der Waals surface area contributed by atoms with Crippen molar-refractivity contribution in [2.45, 2.75) is 19.0 Å². The lowest BCUT2D eigenvalue weighted by Gasteiger charge is -2.13. The van der Waals surface area contributed by atoms with Gasteiger partial charge in [0.2, 0.25) is 0 Å². The smallest absolute Gasteiger partial charge is 0.325 e. The first-order valence-corrected chi connectivity index (χ1v) is 7.90. The number of halogens is 2. The van der Waals surface area contributed by atoms with E-state index in [0.717, 1.165) is 11.1 Å². The zero-order chi connectivity index (χ0) is 16.4. The Hall–Kier alpha value is -2.04. The van der Waals surface area contributed by atoms with E-state index >= 15 is 0 Å². The summed E-state index contributed by atoms with van der Waals surface area (Å²) in [6.07, 6.45) is 0.475. The zero-order valence-electron chi connectivity index (χ0n) is 12.1. The first-order valence-electron chi connectivity index (χ1n) is 7.14. The number of imide groups is 1. The van der Waals surface area contributed by atoms with Crippen LogP contribution in [0.5, 0.6) is 0 Å². The highest BCUT2D eigenvalue weighted by molar-refractivity contribution is 6.42. The van der Waals surface area contributed by atoms with E-state index in [1.807, 2.05) is 30.3 Å². The number of nitrogens with one attached hydrogen (secondary N) is 1. The van der Waals surface area contributed by atoms with Crippen LogP contribution in [-0.4, -0.2) is 22.9 Å². The fourth-order valence-electron chi connectivity index (χ4n) is 2.54. The number of nitrogens with zero attached hydrogens (tertiary/aromatic N) is 1. The normalized spacial score (nSPS) is 17.5. The molecular formula is C17H14Cl2N2O2. The highest BCUT2D eigenvalue weighted by Crippen LogP contribution is 2.24. The summed E-state index contributed by atoms with van der Waals surface area (Å²) in [5, 5.41) is 3.57. The van der Waals surface area contributed by atoms with E-state index in [2.05, 4.69) is 5.32 Å². The van der Waals surface area contributed by atoms with Gasteiger partial charge in [-0.2, -0.15) is 0 Å². The molecule has 1 fully saturated rings. The topological polar surface area (TPSA) is 49.4 Å². The third-order valence-electron chi connectivity index (χ3n) is 3.71. The van der Waals surface area contributed by atoms with Gasteiger partial charge in [0.1, 0.15) is 6.04 Å². The summed E-state index contributed by atoms with van der Waals surface area (Å²) in [4.78, 5) is 25.7. The molecule has 0 spiro atoms. The van der Waals surface area contributed by atoms with Gasteiger partial charge in [0.05, 0.1) is 16.6 Å². The summed E-state index contributed by atoms with van der Waals surface area (Å²) < 4.78 is 0. The Morgan fingerprint density at radius 1 is 0.957 bits per heavy atom. The lowest BCUT2D eigenvalue weighted by molar-refractivity contribution is -0.127. The van der Waals surface area contributed by atoms with Crippen LogP contribution in [0.15, 0.2) is 48.5 Å². The van der Waals surface area contributed by atoms with Crippen LogP contribution < -0.4 is 5.32 Å². The summed E-state index contributed by atoms with van der Waals surface area (Å²) in [6, 6.07) is 13.7. The monoisotopic (exact) mass is 348 g/mol. The van der Waals surface area contributed by atoms with Crippen LogP contribution in [0, 0.1) is 0 Å². The largest absolute Gasteiger partial charge is 0.325 e. The van der Waals surface area contributed by atoms with Gasteiger partial charge in [0, 0.05) is 6.42 Å². The molecule has 2 aromatic carbocycles. The number of benzene rings is 2. The molecule has 1 aliphatic heterocycles. The summed E-state index contributed by atoms with van der Waals surface area (Å²) in [5.74, 6) is -0.232. The van der Waals surface area contributed by atoms with Gasteiger partial charge in [-0.25, -0.2) is 4.79 Å². The predicted octanol–water partition coefficient (Wildman–Crippen LogP) is 3.66. The van der Waals surface area contributed by atoms with Crippen molar-refractivity contribution in [3.63, 3.8) is 0 Å². The number of urea groups is 1. The highest BCUT2D eigenvalue weighted by Gasteiger charge is 2.37. The lowest BCUT2D eigenvalue weighted by atomic mass is 10.1. The molecule has 3 amide bonds. The molecule has 0 radical (unpaired) electrons. The van der Waals surface area contributed by atoms with Crippen LogP contribution in [-0.2, 0) is 17.8 Å². The molecule has 3 rings (SSSR count). The van der Waals surface area contributed by atoms with Crippen molar-refractivity contribution in [1.29, 1.82) is 0 Å². The first kappa shape index (κ1) is 15.8. The van der Waals surface area contributed by atoms with Crippen molar-refractivity contribution < 1.29 is 9.59 Å². The molecule has 0 aliphatic carbocycles. The van der Waals surface area contributed by atoms with Crippen LogP contribution in [0.1, 0.15) is 11.1 Å². The van der Waals surface area contributed by atoms with Crippen LogP contribution in [0.4, 0.5) is 4.79 Å². The van der Waals surface area contributed by atoms with E-state index in [4.69, 9.17) is 23.2 Å². The molecule has 0 aromatic heterocycles. The molecule has 6 heteroatoms. The van der Waals surface area contributed by atoms with Crippen LogP contribution in [0.25, 0.3) is 0 Å². The van der Waals surface area contributed by atoms with Gasteiger partial charge in [-0.3, -0.25) is 9.69 Å². The van der Waals surface area contributed by atoms with Crippen LogP contribution >= 0.6 is 23.2 Å². The quantitative estimate of drug-likeness (QED) is 0.857. The van der Waals surface area contributed by atoms with Gasteiger partial charge in [-0.05, 0) is 23.3 Å². The molecule has 0 bridgehead atoms. The van der Waals surface area contributed by atoms with Gasteiger partial charge in [0.25, 0.3) is 5.91 Å². The minimum atomic E-state index is -0.535. The van der Waals surface area contributed by atoms with E-state index in [1.54, 1.807) is 18.2 Å². The third-order valence-corrected chi connectivity index (χ3v) is 4.45. The second kappa shape index (κ2) is 6.60. The molecule has 1 N–H and O–H groups in total. The van der Waals surface area contributed by atoms with E-state index in [9.17, 15) is 9.59 Å². The van der Waals surface area contributed by atoms with Crippen molar-refractivity contribution in [3.8, 4) is 0 Å². The maximum Gasteiger partial charge on any atom is 0.325 e. The molecule has 2 aromatic rings. The Morgan fingerprint density at radius 3 is 2.39 bits per heavy atom. The zero-order valence-corrected chi connectivity index (χ0v) is 13.6. The average Bonchev–Trinajstić information content (AvgIpc) is 2.79. The number of rotatable bonds is 4. The van der Waals surface area contributed by atoms with E-state index < -0.39 is 6.04 Å². The molecule has 0 saturated carbocycles. The minimum absolute atomic E-state index is 0.173. The molecule has 23 heavy (non-hydrogen) atoms. The van der Waals surface area contributed by atoms with Crippen LogP contribution in [0.3, 0.4) is 0 Å². The van der Waals surface area contributed by atoms with Crippen molar-refractivity contribution in [1.82, 2.24) is 10.2 Å². The van der Waals surface area contributed by atoms with E-state index in [0.29, 0.717) is 16.5 Å². The molecule has 1 atom stereocenters. The van der Waals surface area contributed by atoms with Gasteiger partial charge >= 0.3 is 6.03 Å². The first-order chi connectivity index (χ1) is 11.0. The van der Waals surface area contributed by atoms with E-state index in [-0.39, 0.29) is 18.5 Å². The SMILES string of the molecule is O=C1NC(Cc2ccccc2)C(=O)N1Cc1ccc(Cl)c(Cl)c1. The van der Waals surface area contributed by atoms with Crippen LogP contribution in [0.2, 0.25) is 10.0 Å².